The van der Waals surface area contributed by atoms with E-state index in [1.165, 1.54) is 18.7 Å². The average molecular weight is 401 g/mol. The molecule has 5 unspecified atom stereocenters. The summed E-state index contributed by atoms with van der Waals surface area (Å²) < 4.78 is 0. The third-order valence-corrected chi connectivity index (χ3v) is 4.37. The lowest BCUT2D eigenvalue weighted by molar-refractivity contribution is -0.145. The maximum Gasteiger partial charge on any atom is 0.325 e. The standard InChI is InChI=1S/C16H27N5O7/c1-7(16(27)28)19-14(25)10-4-3-5-21(10)15(26)12(8(2)22)20-13(24)9(17)6-11(18)23/h7-10,12,22H,3-6,17H2,1-2H3,(H2,18,23)(H,19,25)(H,20,24)(H,27,28). The number of amides is 4. The molecule has 1 rings (SSSR count). The summed E-state index contributed by atoms with van der Waals surface area (Å²) in [5.74, 6) is -4.22. The Hall–Kier alpha value is -2.73. The van der Waals surface area contributed by atoms with E-state index in [1.807, 2.05) is 0 Å². The van der Waals surface area contributed by atoms with E-state index in [0.29, 0.717) is 12.8 Å². The monoisotopic (exact) mass is 401 g/mol. The number of hydrogen-bond acceptors (Lipinski definition) is 7. The van der Waals surface area contributed by atoms with Crippen molar-refractivity contribution in [2.45, 2.75) is 63.4 Å². The number of rotatable bonds is 9. The minimum absolute atomic E-state index is 0.199. The first-order chi connectivity index (χ1) is 13.0. The molecule has 1 aliphatic rings. The van der Waals surface area contributed by atoms with Gasteiger partial charge in [-0.05, 0) is 26.7 Å². The topological polar surface area (TPSA) is 205 Å². The Morgan fingerprint density at radius 2 is 1.79 bits per heavy atom. The summed E-state index contributed by atoms with van der Waals surface area (Å²) >= 11 is 0. The molecule has 0 aliphatic carbocycles. The maximum absolute atomic E-state index is 12.8. The molecular formula is C16H27N5O7. The summed E-state index contributed by atoms with van der Waals surface area (Å²) in [5.41, 5.74) is 10.5. The molecule has 0 bridgehead atoms. The average Bonchev–Trinajstić information content (AvgIpc) is 3.07. The molecular weight excluding hydrogens is 374 g/mol. The van der Waals surface area contributed by atoms with E-state index in [1.54, 1.807) is 0 Å². The van der Waals surface area contributed by atoms with Gasteiger partial charge in [0, 0.05) is 6.54 Å². The molecule has 12 nitrogen and oxygen atoms in total. The van der Waals surface area contributed by atoms with Crippen LogP contribution in [0.25, 0.3) is 0 Å². The Morgan fingerprint density at radius 3 is 2.29 bits per heavy atom. The predicted octanol–water partition coefficient (Wildman–Crippen LogP) is -3.36. The summed E-state index contributed by atoms with van der Waals surface area (Å²) in [6, 6.07) is -4.74. The fourth-order valence-corrected chi connectivity index (χ4v) is 2.81. The fourth-order valence-electron chi connectivity index (χ4n) is 2.81. The molecule has 5 atom stereocenters. The van der Waals surface area contributed by atoms with E-state index in [-0.39, 0.29) is 6.54 Å². The van der Waals surface area contributed by atoms with Gasteiger partial charge in [-0.15, -0.1) is 0 Å². The van der Waals surface area contributed by atoms with Crippen molar-refractivity contribution >= 4 is 29.6 Å². The van der Waals surface area contributed by atoms with Gasteiger partial charge in [0.25, 0.3) is 0 Å². The highest BCUT2D eigenvalue weighted by atomic mass is 16.4. The number of aliphatic hydroxyl groups is 1. The molecule has 0 aromatic carbocycles. The number of nitrogens with zero attached hydrogens (tertiary/aromatic N) is 1. The lowest BCUT2D eigenvalue weighted by Crippen LogP contribution is -2.59. The number of nitrogens with one attached hydrogen (secondary N) is 2. The normalized spacial score (nSPS) is 20.6. The highest BCUT2D eigenvalue weighted by Gasteiger charge is 2.40. The van der Waals surface area contributed by atoms with E-state index in [4.69, 9.17) is 16.6 Å². The Labute approximate surface area is 161 Å². The molecule has 0 spiro atoms. The summed E-state index contributed by atoms with van der Waals surface area (Å²) in [7, 11) is 0. The highest BCUT2D eigenvalue weighted by molar-refractivity contribution is 5.95. The molecule has 1 aliphatic heterocycles. The van der Waals surface area contributed by atoms with Crippen molar-refractivity contribution in [2.24, 2.45) is 11.5 Å². The molecule has 158 valence electrons. The van der Waals surface area contributed by atoms with Crippen LogP contribution in [0.4, 0.5) is 0 Å². The lowest BCUT2D eigenvalue weighted by Gasteiger charge is -2.30. The van der Waals surface area contributed by atoms with E-state index in [0.717, 1.165) is 0 Å². The van der Waals surface area contributed by atoms with Gasteiger partial charge >= 0.3 is 5.97 Å². The van der Waals surface area contributed by atoms with Crippen molar-refractivity contribution in [3.63, 3.8) is 0 Å². The van der Waals surface area contributed by atoms with Crippen molar-refractivity contribution in [3.8, 4) is 0 Å². The van der Waals surface area contributed by atoms with Crippen LogP contribution >= 0.6 is 0 Å². The molecule has 4 amide bonds. The largest absolute Gasteiger partial charge is 0.480 e. The van der Waals surface area contributed by atoms with Gasteiger partial charge in [-0.1, -0.05) is 0 Å². The first-order valence-corrected chi connectivity index (χ1v) is 8.81. The Kier molecular flexibility index (Phi) is 8.32. The number of carbonyl (C=O) groups excluding carboxylic acids is 4. The second-order valence-electron chi connectivity index (χ2n) is 6.76. The van der Waals surface area contributed by atoms with E-state index in [9.17, 15) is 29.1 Å². The van der Waals surface area contributed by atoms with Crippen LogP contribution in [-0.2, 0) is 24.0 Å². The lowest BCUT2D eigenvalue weighted by atomic mass is 10.1. The predicted molar refractivity (Wildman–Crippen MR) is 95.4 cm³/mol. The fraction of sp³-hybridized carbons (Fsp3) is 0.688. The molecule has 0 aromatic rings. The summed E-state index contributed by atoms with van der Waals surface area (Å²) in [4.78, 5) is 60.2. The van der Waals surface area contributed by atoms with Gasteiger partial charge in [0.05, 0.1) is 18.6 Å². The molecule has 0 saturated carbocycles. The van der Waals surface area contributed by atoms with Crippen LogP contribution in [0.2, 0.25) is 0 Å². The van der Waals surface area contributed by atoms with Gasteiger partial charge in [-0.3, -0.25) is 24.0 Å². The number of aliphatic carboxylic acids is 1. The number of aliphatic hydroxyl groups excluding tert-OH is 1. The van der Waals surface area contributed by atoms with Crippen molar-refractivity contribution in [1.82, 2.24) is 15.5 Å². The van der Waals surface area contributed by atoms with E-state index < -0.39 is 66.3 Å². The highest BCUT2D eigenvalue weighted by Crippen LogP contribution is 2.19. The zero-order valence-corrected chi connectivity index (χ0v) is 15.8. The number of primary amides is 1. The second kappa shape index (κ2) is 9.99. The third-order valence-electron chi connectivity index (χ3n) is 4.37. The number of carboxylic acids is 1. The van der Waals surface area contributed by atoms with Gasteiger partial charge in [0.15, 0.2) is 0 Å². The summed E-state index contributed by atoms with van der Waals surface area (Å²) in [6.45, 7) is 2.77. The molecule has 0 aromatic heterocycles. The number of carboxylic acid groups (broad SMARTS) is 1. The first-order valence-electron chi connectivity index (χ1n) is 8.81. The summed E-state index contributed by atoms with van der Waals surface area (Å²) in [6.07, 6.45) is -0.938. The van der Waals surface area contributed by atoms with Crippen LogP contribution in [0, 0.1) is 0 Å². The van der Waals surface area contributed by atoms with Gasteiger partial charge in [-0.2, -0.15) is 0 Å². The minimum Gasteiger partial charge on any atom is -0.480 e. The van der Waals surface area contributed by atoms with Crippen LogP contribution in [0.1, 0.15) is 33.1 Å². The molecule has 1 fully saturated rings. The Morgan fingerprint density at radius 1 is 1.18 bits per heavy atom. The molecule has 8 N–H and O–H groups in total. The van der Waals surface area contributed by atoms with Crippen LogP contribution in [0.5, 0.6) is 0 Å². The van der Waals surface area contributed by atoms with Crippen molar-refractivity contribution < 1.29 is 34.2 Å². The molecule has 1 saturated heterocycles. The molecule has 28 heavy (non-hydrogen) atoms. The minimum atomic E-state index is -1.39. The molecule has 1 heterocycles. The molecule has 12 heteroatoms. The Bertz CT molecular complexity index is 639. The van der Waals surface area contributed by atoms with E-state index >= 15 is 0 Å². The number of likely N-dealkylation sites (tertiary alicyclic amines) is 1. The van der Waals surface area contributed by atoms with Gasteiger partial charge in [-0.25, -0.2) is 0 Å². The SMILES string of the molecule is CC(NC(=O)C1CCCN1C(=O)C(NC(=O)C(N)CC(N)=O)C(C)O)C(=O)O. The summed E-state index contributed by atoms with van der Waals surface area (Å²) in [5, 5.41) is 23.4. The second-order valence-corrected chi connectivity index (χ2v) is 6.76. The zero-order chi connectivity index (χ0) is 21.6. The maximum atomic E-state index is 12.8. The quantitative estimate of drug-likeness (QED) is 0.229. The number of hydrogen-bond donors (Lipinski definition) is 6. The number of nitrogens with two attached hydrogens (primary N) is 2. The zero-order valence-electron chi connectivity index (χ0n) is 15.8. The first kappa shape index (κ1) is 23.3. The van der Waals surface area contributed by atoms with Crippen molar-refractivity contribution in [3.05, 3.63) is 0 Å². The van der Waals surface area contributed by atoms with Gasteiger partial charge < -0.3 is 37.2 Å². The van der Waals surface area contributed by atoms with Crippen molar-refractivity contribution in [1.29, 1.82) is 0 Å². The van der Waals surface area contributed by atoms with Crippen LogP contribution in [-0.4, -0.2) is 81.5 Å². The third kappa shape index (κ3) is 6.16. The smallest absolute Gasteiger partial charge is 0.325 e. The van der Waals surface area contributed by atoms with Crippen molar-refractivity contribution in [2.75, 3.05) is 6.54 Å². The van der Waals surface area contributed by atoms with Gasteiger partial charge in [0.1, 0.15) is 18.1 Å². The van der Waals surface area contributed by atoms with Crippen LogP contribution in [0.15, 0.2) is 0 Å². The van der Waals surface area contributed by atoms with Gasteiger partial charge in [0.2, 0.25) is 23.6 Å². The Balaban J connectivity index is 2.87. The van der Waals surface area contributed by atoms with Crippen LogP contribution in [0.3, 0.4) is 0 Å². The van der Waals surface area contributed by atoms with Crippen LogP contribution < -0.4 is 22.1 Å². The number of carbonyl (C=O) groups is 5. The molecule has 0 radical (unpaired) electrons. The van der Waals surface area contributed by atoms with E-state index in [2.05, 4.69) is 10.6 Å².